The molecule has 0 bridgehead atoms. The van der Waals surface area contributed by atoms with Gasteiger partial charge in [0.15, 0.2) is 0 Å². The average molecular weight is 302 g/mol. The number of rotatable bonds is 3. The first-order valence-electron chi connectivity index (χ1n) is 8.16. The number of carbonyl (C=O) groups excluding carboxylic acids is 1. The van der Waals surface area contributed by atoms with Crippen LogP contribution >= 0.6 is 0 Å². The van der Waals surface area contributed by atoms with Crippen LogP contribution in [0.1, 0.15) is 18.4 Å². The first-order chi connectivity index (χ1) is 10.6. The summed E-state index contributed by atoms with van der Waals surface area (Å²) in [7, 11) is 4.06. The van der Waals surface area contributed by atoms with Crippen molar-refractivity contribution in [1.29, 1.82) is 0 Å². The van der Waals surface area contributed by atoms with Gasteiger partial charge in [-0.25, -0.2) is 0 Å². The van der Waals surface area contributed by atoms with Crippen LogP contribution in [0.4, 0.5) is 0 Å². The van der Waals surface area contributed by atoms with E-state index in [0.717, 1.165) is 39.1 Å². The highest BCUT2D eigenvalue weighted by Crippen LogP contribution is 2.44. The van der Waals surface area contributed by atoms with Crippen LogP contribution in [0.25, 0.3) is 0 Å². The van der Waals surface area contributed by atoms with Gasteiger partial charge in [-0.2, -0.15) is 0 Å². The molecule has 22 heavy (non-hydrogen) atoms. The minimum Gasteiger partial charge on any atom is -0.381 e. The lowest BCUT2D eigenvalue weighted by Gasteiger charge is -2.38. The summed E-state index contributed by atoms with van der Waals surface area (Å²) < 4.78 is 5.53. The van der Waals surface area contributed by atoms with Gasteiger partial charge in [0.2, 0.25) is 5.91 Å². The summed E-state index contributed by atoms with van der Waals surface area (Å²) in [6, 6.07) is 10.2. The van der Waals surface area contributed by atoms with E-state index in [9.17, 15) is 4.79 Å². The van der Waals surface area contributed by atoms with Crippen LogP contribution in [-0.2, 0) is 16.1 Å². The van der Waals surface area contributed by atoms with Gasteiger partial charge in [0.25, 0.3) is 0 Å². The Bertz CT molecular complexity index is 511. The van der Waals surface area contributed by atoms with Gasteiger partial charge in [-0.05, 0) is 25.5 Å². The minimum atomic E-state index is 0.107. The van der Waals surface area contributed by atoms with E-state index >= 15 is 0 Å². The fourth-order valence-corrected chi connectivity index (χ4v) is 4.04. The highest BCUT2D eigenvalue weighted by atomic mass is 16.5. The number of likely N-dealkylation sites (tertiary alicyclic amines) is 1. The molecule has 0 aromatic heterocycles. The second kappa shape index (κ2) is 6.39. The van der Waals surface area contributed by atoms with Gasteiger partial charge in [-0.3, -0.25) is 4.79 Å². The molecule has 1 amide bonds. The number of hydrogen-bond acceptors (Lipinski definition) is 3. The lowest BCUT2D eigenvalue weighted by atomic mass is 9.71. The molecule has 120 valence electrons. The molecule has 2 aliphatic rings. The van der Waals surface area contributed by atoms with E-state index < -0.39 is 0 Å². The van der Waals surface area contributed by atoms with Crippen molar-refractivity contribution in [1.82, 2.24) is 9.80 Å². The smallest absolute Gasteiger partial charge is 0.227 e. The van der Waals surface area contributed by atoms with Gasteiger partial charge in [-0.15, -0.1) is 0 Å². The molecule has 2 fully saturated rings. The fourth-order valence-electron chi connectivity index (χ4n) is 4.04. The zero-order valence-corrected chi connectivity index (χ0v) is 13.6. The maximum atomic E-state index is 13.0. The topological polar surface area (TPSA) is 32.8 Å². The maximum Gasteiger partial charge on any atom is 0.227 e. The molecule has 0 saturated carbocycles. The summed E-state index contributed by atoms with van der Waals surface area (Å²) >= 11 is 0. The van der Waals surface area contributed by atoms with Gasteiger partial charge in [0.1, 0.15) is 0 Å². The Labute approximate surface area is 133 Å². The Balaban J connectivity index is 1.72. The number of carbonyl (C=O) groups is 1. The molecule has 1 atom stereocenters. The van der Waals surface area contributed by atoms with Crippen molar-refractivity contribution in [2.24, 2.45) is 11.3 Å². The molecular weight excluding hydrogens is 276 g/mol. The number of amides is 1. The van der Waals surface area contributed by atoms with Crippen LogP contribution in [0.2, 0.25) is 0 Å². The molecule has 1 spiro atoms. The molecule has 2 aliphatic heterocycles. The van der Waals surface area contributed by atoms with Crippen LogP contribution in [0.15, 0.2) is 30.3 Å². The van der Waals surface area contributed by atoms with E-state index in [1.807, 2.05) is 30.1 Å². The summed E-state index contributed by atoms with van der Waals surface area (Å²) in [4.78, 5) is 17.2. The molecule has 2 heterocycles. The van der Waals surface area contributed by atoms with Gasteiger partial charge >= 0.3 is 0 Å². The number of hydrogen-bond donors (Lipinski definition) is 0. The standard InChI is InChI=1S/C18H26N2O2/c1-19-13-16(18(14-19)8-10-22-11-9-18)17(21)20(2)12-15-6-4-3-5-7-15/h3-7,16H,8-14H2,1-2H3. The number of benzene rings is 1. The third-order valence-corrected chi connectivity index (χ3v) is 5.24. The molecule has 1 aromatic rings. The monoisotopic (exact) mass is 302 g/mol. The third-order valence-electron chi connectivity index (χ3n) is 5.24. The van der Waals surface area contributed by atoms with E-state index in [0.29, 0.717) is 6.54 Å². The molecule has 4 nitrogen and oxygen atoms in total. The predicted molar refractivity (Wildman–Crippen MR) is 86.4 cm³/mol. The van der Waals surface area contributed by atoms with Gasteiger partial charge in [0.05, 0.1) is 5.92 Å². The Hall–Kier alpha value is -1.39. The Morgan fingerprint density at radius 1 is 1.32 bits per heavy atom. The van der Waals surface area contributed by atoms with Crippen LogP contribution in [0, 0.1) is 11.3 Å². The molecular formula is C18H26N2O2. The van der Waals surface area contributed by atoms with Crippen molar-refractivity contribution in [2.75, 3.05) is 40.4 Å². The molecule has 0 radical (unpaired) electrons. The first kappa shape index (κ1) is 15.5. The molecule has 0 aliphatic carbocycles. The molecule has 1 unspecified atom stereocenters. The summed E-state index contributed by atoms with van der Waals surface area (Å²) in [5.74, 6) is 0.394. The zero-order valence-electron chi connectivity index (χ0n) is 13.6. The van der Waals surface area contributed by atoms with Gasteiger partial charge < -0.3 is 14.5 Å². The lowest BCUT2D eigenvalue weighted by Crippen LogP contribution is -2.44. The van der Waals surface area contributed by atoms with E-state index in [-0.39, 0.29) is 17.2 Å². The summed E-state index contributed by atoms with van der Waals surface area (Å²) in [6.07, 6.45) is 2.01. The average Bonchev–Trinajstić information content (AvgIpc) is 2.84. The molecule has 0 N–H and O–H groups in total. The highest BCUT2D eigenvalue weighted by Gasteiger charge is 2.50. The Morgan fingerprint density at radius 2 is 2.00 bits per heavy atom. The predicted octanol–water partition coefficient (Wildman–Crippen LogP) is 2.00. The number of nitrogens with zero attached hydrogens (tertiary/aromatic N) is 2. The van der Waals surface area contributed by atoms with Crippen molar-refractivity contribution in [2.45, 2.75) is 19.4 Å². The van der Waals surface area contributed by atoms with Crippen molar-refractivity contribution >= 4 is 5.91 Å². The molecule has 1 aromatic carbocycles. The van der Waals surface area contributed by atoms with Crippen LogP contribution in [-0.4, -0.2) is 56.1 Å². The maximum absolute atomic E-state index is 13.0. The van der Waals surface area contributed by atoms with Crippen molar-refractivity contribution < 1.29 is 9.53 Å². The van der Waals surface area contributed by atoms with Crippen molar-refractivity contribution in [3.63, 3.8) is 0 Å². The quantitative estimate of drug-likeness (QED) is 0.856. The lowest BCUT2D eigenvalue weighted by molar-refractivity contribution is -0.139. The van der Waals surface area contributed by atoms with Gasteiger partial charge in [0, 0.05) is 45.3 Å². The van der Waals surface area contributed by atoms with Crippen molar-refractivity contribution in [3.05, 3.63) is 35.9 Å². The summed E-state index contributed by atoms with van der Waals surface area (Å²) in [6.45, 7) is 4.16. The summed E-state index contributed by atoms with van der Waals surface area (Å²) in [5, 5.41) is 0. The van der Waals surface area contributed by atoms with E-state index in [1.54, 1.807) is 0 Å². The van der Waals surface area contributed by atoms with Crippen LogP contribution < -0.4 is 0 Å². The highest BCUT2D eigenvalue weighted by molar-refractivity contribution is 5.80. The minimum absolute atomic E-state index is 0.107. The van der Waals surface area contributed by atoms with Crippen LogP contribution in [0.5, 0.6) is 0 Å². The largest absolute Gasteiger partial charge is 0.381 e. The Morgan fingerprint density at radius 3 is 2.68 bits per heavy atom. The van der Waals surface area contributed by atoms with E-state index in [1.165, 1.54) is 5.56 Å². The third kappa shape index (κ3) is 3.03. The van der Waals surface area contributed by atoms with Gasteiger partial charge in [-0.1, -0.05) is 30.3 Å². The second-order valence-corrected chi connectivity index (χ2v) is 6.90. The first-order valence-corrected chi connectivity index (χ1v) is 8.16. The number of ether oxygens (including phenoxy) is 1. The van der Waals surface area contributed by atoms with Crippen molar-refractivity contribution in [3.8, 4) is 0 Å². The fraction of sp³-hybridized carbons (Fsp3) is 0.611. The van der Waals surface area contributed by atoms with E-state index in [2.05, 4.69) is 24.1 Å². The normalized spacial score (nSPS) is 24.5. The van der Waals surface area contributed by atoms with E-state index in [4.69, 9.17) is 4.74 Å². The zero-order chi connectivity index (χ0) is 15.6. The Kier molecular flexibility index (Phi) is 4.50. The molecule has 2 saturated heterocycles. The molecule has 3 rings (SSSR count). The SMILES string of the molecule is CN1CC(C(=O)N(C)Cc2ccccc2)C2(CCOCC2)C1. The second-order valence-electron chi connectivity index (χ2n) is 6.90. The molecule has 4 heteroatoms. The summed E-state index contributed by atoms with van der Waals surface area (Å²) in [5.41, 5.74) is 1.31. The van der Waals surface area contributed by atoms with Crippen LogP contribution in [0.3, 0.4) is 0 Å².